The monoisotopic (exact) mass is 472 g/mol. The number of hydrogen-bond acceptors (Lipinski definition) is 4. The maximum absolute atomic E-state index is 10.1. The highest BCUT2D eigenvalue weighted by Crippen LogP contribution is 2.36. The number of allylic oxidation sites excluding steroid dienone is 4. The molecular weight excluding hydrogens is 436 g/mol. The topological polar surface area (TPSA) is 57.9 Å². The van der Waals surface area contributed by atoms with Gasteiger partial charge >= 0.3 is 0 Å². The van der Waals surface area contributed by atoms with E-state index in [0.29, 0.717) is 13.2 Å². The van der Waals surface area contributed by atoms with E-state index < -0.39 is 0 Å². The van der Waals surface area contributed by atoms with E-state index in [0.717, 1.165) is 39.8 Å². The Morgan fingerprint density at radius 3 is 2.43 bits per heavy atom. The molecule has 35 heavy (non-hydrogen) atoms. The maximum atomic E-state index is 10.1. The molecular formula is C30H36N2O3. The third kappa shape index (κ3) is 6.17. The summed E-state index contributed by atoms with van der Waals surface area (Å²) in [5.41, 5.74) is 5.22. The van der Waals surface area contributed by atoms with Crippen LogP contribution >= 0.6 is 0 Å². The van der Waals surface area contributed by atoms with Gasteiger partial charge in [-0.15, -0.1) is 0 Å². The van der Waals surface area contributed by atoms with Crippen LogP contribution in [0.1, 0.15) is 31.2 Å². The summed E-state index contributed by atoms with van der Waals surface area (Å²) in [5, 5.41) is 20.8. The molecule has 0 amide bonds. The van der Waals surface area contributed by atoms with Gasteiger partial charge in [0.1, 0.15) is 11.5 Å². The number of nitrogens with zero attached hydrogens (tertiary/aromatic N) is 2. The Bertz CT molecular complexity index is 1200. The lowest BCUT2D eigenvalue weighted by Crippen LogP contribution is -2.28. The highest BCUT2D eigenvalue weighted by atomic mass is 16.5. The lowest BCUT2D eigenvalue weighted by Gasteiger charge is -2.18. The molecule has 1 aliphatic heterocycles. The Kier molecular flexibility index (Phi) is 8.32. The van der Waals surface area contributed by atoms with E-state index in [1.54, 1.807) is 30.5 Å². The number of fused-ring (bicyclic) bond motifs is 1. The fourth-order valence-corrected chi connectivity index (χ4v) is 4.86. The molecule has 2 N–H and O–H groups in total. The van der Waals surface area contributed by atoms with Crippen LogP contribution in [0.3, 0.4) is 0 Å². The summed E-state index contributed by atoms with van der Waals surface area (Å²) in [4.78, 5) is 2.49. The summed E-state index contributed by atoms with van der Waals surface area (Å²) in [6.45, 7) is 10.7. The van der Waals surface area contributed by atoms with Crippen molar-refractivity contribution in [3.05, 3.63) is 84.7 Å². The number of hydrogen-bond donors (Lipinski definition) is 2. The molecule has 4 rings (SSSR count). The van der Waals surface area contributed by atoms with Gasteiger partial charge < -0.3 is 19.5 Å². The van der Waals surface area contributed by atoms with Crippen molar-refractivity contribution < 1.29 is 14.9 Å². The van der Waals surface area contributed by atoms with E-state index >= 15 is 0 Å². The fourth-order valence-electron chi connectivity index (χ4n) is 4.86. The molecule has 1 aromatic heterocycles. The van der Waals surface area contributed by atoms with Crippen molar-refractivity contribution in [3.8, 4) is 22.8 Å². The fraction of sp³-hybridized carbons (Fsp3) is 0.333. The van der Waals surface area contributed by atoms with Gasteiger partial charge in [0, 0.05) is 24.0 Å². The second kappa shape index (κ2) is 11.8. The average molecular weight is 473 g/mol. The lowest BCUT2D eigenvalue weighted by molar-refractivity contribution is 0.180. The van der Waals surface area contributed by atoms with E-state index in [1.807, 2.05) is 36.4 Å². The third-order valence-electron chi connectivity index (χ3n) is 6.75. The van der Waals surface area contributed by atoms with Gasteiger partial charge in [0.25, 0.3) is 0 Å². The average Bonchev–Trinajstić information content (AvgIpc) is 3.01. The molecule has 0 radical (unpaired) electrons. The Labute approximate surface area is 208 Å². The molecule has 5 nitrogen and oxygen atoms in total. The number of phenolic OH excluding ortho intramolecular Hbond substituents is 2. The van der Waals surface area contributed by atoms with E-state index in [4.69, 9.17) is 4.74 Å². The molecule has 0 spiro atoms. The number of rotatable bonds is 9. The highest BCUT2D eigenvalue weighted by molar-refractivity contribution is 5.92. The molecule has 0 bridgehead atoms. The largest absolute Gasteiger partial charge is 0.508 e. The van der Waals surface area contributed by atoms with Gasteiger partial charge in [-0.1, -0.05) is 31.6 Å². The van der Waals surface area contributed by atoms with Crippen LogP contribution in [0.5, 0.6) is 11.5 Å². The molecule has 5 heteroatoms. The molecule has 1 fully saturated rings. The van der Waals surface area contributed by atoms with Crippen LogP contribution in [0.2, 0.25) is 0 Å². The first-order chi connectivity index (χ1) is 17.1. The number of aryl methyl sites for hydroxylation is 1. The number of phenols is 2. The lowest BCUT2D eigenvalue weighted by atomic mass is 10.1. The van der Waals surface area contributed by atoms with Gasteiger partial charge in [0.05, 0.1) is 18.6 Å². The Hall–Kier alpha value is -3.44. The smallest absolute Gasteiger partial charge is 0.116 e. The van der Waals surface area contributed by atoms with Crippen LogP contribution in [-0.2, 0) is 11.3 Å². The first-order valence-electron chi connectivity index (χ1n) is 12.5. The minimum atomic E-state index is 0.236. The van der Waals surface area contributed by atoms with Crippen molar-refractivity contribution in [1.29, 1.82) is 0 Å². The predicted molar refractivity (Wildman–Crippen MR) is 144 cm³/mol. The summed E-state index contributed by atoms with van der Waals surface area (Å²) in [7, 11) is 0. The van der Waals surface area contributed by atoms with Crippen LogP contribution in [0.4, 0.5) is 0 Å². The quantitative estimate of drug-likeness (QED) is 0.211. The zero-order chi connectivity index (χ0) is 24.6. The minimum absolute atomic E-state index is 0.236. The van der Waals surface area contributed by atoms with Gasteiger partial charge in [0.15, 0.2) is 0 Å². The van der Waals surface area contributed by atoms with E-state index in [9.17, 15) is 10.2 Å². The van der Waals surface area contributed by atoms with Crippen molar-refractivity contribution >= 4 is 10.9 Å². The number of likely N-dealkylation sites (tertiary alicyclic amines) is 1. The van der Waals surface area contributed by atoms with Crippen molar-refractivity contribution in [2.75, 3.05) is 26.2 Å². The van der Waals surface area contributed by atoms with Crippen LogP contribution in [0.25, 0.3) is 22.2 Å². The first kappa shape index (κ1) is 24.7. The second-order valence-electron chi connectivity index (χ2n) is 9.21. The molecule has 0 saturated carbocycles. The molecule has 3 aromatic rings. The molecule has 1 saturated heterocycles. The zero-order valence-corrected chi connectivity index (χ0v) is 20.6. The molecule has 0 atom stereocenters. The normalized spacial score (nSPS) is 15.5. The molecule has 0 aliphatic carbocycles. The SMILES string of the molecule is C=C/C(=C\C=C\OCCN1CCCCCC1)Cn1c(-c2ccc(O)cc2)c(C)c2cc(O)ccc21. The van der Waals surface area contributed by atoms with Gasteiger partial charge in [0.2, 0.25) is 0 Å². The molecule has 2 aromatic carbocycles. The van der Waals surface area contributed by atoms with Crippen LogP contribution in [0, 0.1) is 6.92 Å². The van der Waals surface area contributed by atoms with E-state index in [1.165, 1.54) is 38.8 Å². The van der Waals surface area contributed by atoms with Gasteiger partial charge in [-0.25, -0.2) is 0 Å². The molecule has 1 aliphatic rings. The van der Waals surface area contributed by atoms with Crippen LogP contribution in [-0.4, -0.2) is 45.9 Å². The highest BCUT2D eigenvalue weighted by Gasteiger charge is 2.17. The van der Waals surface area contributed by atoms with Crippen molar-refractivity contribution in [2.45, 2.75) is 39.2 Å². The Morgan fingerprint density at radius 2 is 1.71 bits per heavy atom. The summed E-state index contributed by atoms with van der Waals surface area (Å²) in [5.74, 6) is 0.481. The predicted octanol–water partition coefficient (Wildman–Crippen LogP) is 6.55. The Morgan fingerprint density at radius 1 is 1.00 bits per heavy atom. The summed E-state index contributed by atoms with van der Waals surface area (Å²) in [6, 6.07) is 12.7. The summed E-state index contributed by atoms with van der Waals surface area (Å²) in [6.07, 6.45) is 12.9. The van der Waals surface area contributed by atoms with Gasteiger partial charge in [-0.05, 0) is 98.1 Å². The van der Waals surface area contributed by atoms with Crippen LogP contribution < -0.4 is 0 Å². The van der Waals surface area contributed by atoms with Crippen LogP contribution in [0.15, 0.2) is 79.1 Å². The van der Waals surface area contributed by atoms with Crippen molar-refractivity contribution in [2.24, 2.45) is 0 Å². The third-order valence-corrected chi connectivity index (χ3v) is 6.75. The molecule has 2 heterocycles. The standard InChI is InChI=1S/C30H36N2O3/c1-3-24(9-8-19-35-20-18-31-16-6-4-5-7-17-31)22-32-29-15-14-27(34)21-28(29)23(2)30(32)25-10-12-26(33)13-11-25/h3,8-15,19,21,33-34H,1,4-7,16-18,20,22H2,2H3/b19-8+,24-9+. The number of aromatic hydroxyl groups is 2. The summed E-state index contributed by atoms with van der Waals surface area (Å²) >= 11 is 0. The number of ether oxygens (including phenoxy) is 1. The number of aromatic nitrogens is 1. The van der Waals surface area contributed by atoms with Gasteiger partial charge in [-0.3, -0.25) is 4.90 Å². The zero-order valence-electron chi connectivity index (χ0n) is 20.6. The number of benzene rings is 2. The van der Waals surface area contributed by atoms with Crippen molar-refractivity contribution in [1.82, 2.24) is 9.47 Å². The second-order valence-corrected chi connectivity index (χ2v) is 9.21. The van der Waals surface area contributed by atoms with Gasteiger partial charge in [-0.2, -0.15) is 0 Å². The first-order valence-corrected chi connectivity index (χ1v) is 12.5. The molecule has 184 valence electrons. The molecule has 0 unspecified atom stereocenters. The summed E-state index contributed by atoms with van der Waals surface area (Å²) < 4.78 is 7.99. The van der Waals surface area contributed by atoms with E-state index in [2.05, 4.69) is 23.0 Å². The Balaban J connectivity index is 1.51. The maximum Gasteiger partial charge on any atom is 0.116 e. The minimum Gasteiger partial charge on any atom is -0.508 e. The van der Waals surface area contributed by atoms with E-state index in [-0.39, 0.29) is 11.5 Å². The van der Waals surface area contributed by atoms with Crippen molar-refractivity contribution in [3.63, 3.8) is 0 Å².